The van der Waals surface area contributed by atoms with Crippen molar-refractivity contribution in [2.24, 2.45) is 5.92 Å². The van der Waals surface area contributed by atoms with Crippen LogP contribution in [0.15, 0.2) is 0 Å². The average Bonchev–Trinajstić information content (AvgIpc) is 2.17. The van der Waals surface area contributed by atoms with Crippen molar-refractivity contribution in [1.82, 2.24) is 10.6 Å². The lowest BCUT2D eigenvalue weighted by Crippen LogP contribution is -2.32. The second-order valence-corrected chi connectivity index (χ2v) is 5.28. The van der Waals surface area contributed by atoms with Crippen molar-refractivity contribution in [1.29, 1.82) is 0 Å². The van der Waals surface area contributed by atoms with Gasteiger partial charge < -0.3 is 10.6 Å². The number of thioether (sulfide) groups is 1. The van der Waals surface area contributed by atoms with Crippen LogP contribution in [0.25, 0.3) is 0 Å². The van der Waals surface area contributed by atoms with Crippen molar-refractivity contribution < 1.29 is 4.79 Å². The van der Waals surface area contributed by atoms with Crippen LogP contribution in [0.1, 0.15) is 27.2 Å². The summed E-state index contributed by atoms with van der Waals surface area (Å²) in [7, 11) is 1.67. The van der Waals surface area contributed by atoms with Crippen LogP contribution < -0.4 is 10.6 Å². The van der Waals surface area contributed by atoms with Gasteiger partial charge >= 0.3 is 0 Å². The molecule has 15 heavy (non-hydrogen) atoms. The van der Waals surface area contributed by atoms with E-state index in [0.717, 1.165) is 18.2 Å². The largest absolute Gasteiger partial charge is 0.359 e. The minimum Gasteiger partial charge on any atom is -0.359 e. The Labute approximate surface area is 97.8 Å². The Morgan fingerprint density at radius 2 is 1.93 bits per heavy atom. The Hall–Kier alpha value is -0.220. The molecule has 1 unspecified atom stereocenters. The van der Waals surface area contributed by atoms with Gasteiger partial charge in [0.2, 0.25) is 5.91 Å². The molecule has 0 heterocycles. The van der Waals surface area contributed by atoms with Crippen LogP contribution in [0.4, 0.5) is 0 Å². The van der Waals surface area contributed by atoms with E-state index < -0.39 is 0 Å². The molecule has 0 aromatic rings. The van der Waals surface area contributed by atoms with E-state index >= 15 is 0 Å². The van der Waals surface area contributed by atoms with Gasteiger partial charge in [-0.1, -0.05) is 13.8 Å². The number of hydrogen-bond donors (Lipinski definition) is 2. The zero-order valence-electron chi connectivity index (χ0n) is 10.3. The summed E-state index contributed by atoms with van der Waals surface area (Å²) in [5.41, 5.74) is 0. The molecule has 0 fully saturated rings. The van der Waals surface area contributed by atoms with Crippen LogP contribution in [0.5, 0.6) is 0 Å². The maximum absolute atomic E-state index is 10.9. The lowest BCUT2D eigenvalue weighted by Gasteiger charge is -2.13. The number of hydrogen-bond acceptors (Lipinski definition) is 3. The molecule has 0 radical (unpaired) electrons. The monoisotopic (exact) mass is 232 g/mol. The minimum absolute atomic E-state index is 0.101. The third-order valence-corrected chi connectivity index (χ3v) is 3.58. The Kier molecular flexibility index (Phi) is 8.91. The molecule has 0 aromatic heterocycles. The SMILES string of the molecule is CNC(=O)CCNC(C)CSCC(C)C. The number of amides is 1. The topological polar surface area (TPSA) is 41.1 Å². The molecule has 3 nitrogen and oxygen atoms in total. The lowest BCUT2D eigenvalue weighted by atomic mass is 10.3. The van der Waals surface area contributed by atoms with E-state index in [1.807, 2.05) is 11.8 Å². The van der Waals surface area contributed by atoms with Crippen LogP contribution in [0, 0.1) is 5.92 Å². The summed E-state index contributed by atoms with van der Waals surface area (Å²) in [6.07, 6.45) is 0.565. The first-order valence-corrected chi connectivity index (χ1v) is 6.73. The average molecular weight is 232 g/mol. The highest BCUT2D eigenvalue weighted by Crippen LogP contribution is 2.08. The van der Waals surface area contributed by atoms with E-state index in [1.54, 1.807) is 7.05 Å². The van der Waals surface area contributed by atoms with Gasteiger partial charge in [-0.05, 0) is 18.6 Å². The highest BCUT2D eigenvalue weighted by molar-refractivity contribution is 7.99. The van der Waals surface area contributed by atoms with E-state index in [9.17, 15) is 4.79 Å². The van der Waals surface area contributed by atoms with Crippen molar-refractivity contribution >= 4 is 17.7 Å². The summed E-state index contributed by atoms with van der Waals surface area (Å²) in [6.45, 7) is 7.40. The molecule has 0 aromatic carbocycles. The van der Waals surface area contributed by atoms with E-state index in [4.69, 9.17) is 0 Å². The van der Waals surface area contributed by atoms with Crippen LogP contribution >= 0.6 is 11.8 Å². The third-order valence-electron chi connectivity index (χ3n) is 1.94. The summed E-state index contributed by atoms with van der Waals surface area (Å²) in [5.74, 6) is 3.19. The molecule has 0 aliphatic carbocycles. The normalized spacial score (nSPS) is 12.9. The fourth-order valence-corrected chi connectivity index (χ4v) is 2.18. The van der Waals surface area contributed by atoms with Gasteiger partial charge in [0.15, 0.2) is 0 Å². The predicted molar refractivity (Wildman–Crippen MR) is 68.3 cm³/mol. The van der Waals surface area contributed by atoms with E-state index in [2.05, 4.69) is 31.4 Å². The fourth-order valence-electron chi connectivity index (χ4n) is 1.10. The van der Waals surface area contributed by atoms with Crippen molar-refractivity contribution in [2.45, 2.75) is 33.2 Å². The molecule has 0 spiro atoms. The van der Waals surface area contributed by atoms with Gasteiger partial charge in [0.1, 0.15) is 0 Å². The predicted octanol–water partition coefficient (Wildman–Crippen LogP) is 1.49. The van der Waals surface area contributed by atoms with Gasteiger partial charge in [-0.3, -0.25) is 4.79 Å². The molecular weight excluding hydrogens is 208 g/mol. The summed E-state index contributed by atoms with van der Waals surface area (Å²) in [4.78, 5) is 10.9. The van der Waals surface area contributed by atoms with E-state index in [1.165, 1.54) is 5.75 Å². The van der Waals surface area contributed by atoms with Crippen LogP contribution in [-0.2, 0) is 4.79 Å². The molecule has 90 valence electrons. The van der Waals surface area contributed by atoms with E-state index in [-0.39, 0.29) is 5.91 Å². The van der Waals surface area contributed by atoms with Crippen LogP contribution in [0.3, 0.4) is 0 Å². The Bertz CT molecular complexity index is 174. The number of carbonyl (C=O) groups is 1. The summed E-state index contributed by atoms with van der Waals surface area (Å²) in [5, 5.41) is 5.95. The summed E-state index contributed by atoms with van der Waals surface area (Å²) < 4.78 is 0. The van der Waals surface area contributed by atoms with Crippen molar-refractivity contribution in [3.63, 3.8) is 0 Å². The smallest absolute Gasteiger partial charge is 0.221 e. The molecular formula is C11H24N2OS. The second kappa shape index (κ2) is 9.04. The number of nitrogens with one attached hydrogen (secondary N) is 2. The summed E-state index contributed by atoms with van der Waals surface area (Å²) in [6, 6.07) is 0.485. The van der Waals surface area contributed by atoms with Gasteiger partial charge in [-0.2, -0.15) is 11.8 Å². The Morgan fingerprint density at radius 3 is 2.47 bits per heavy atom. The van der Waals surface area contributed by atoms with Gasteiger partial charge in [-0.15, -0.1) is 0 Å². The molecule has 0 saturated heterocycles. The zero-order valence-corrected chi connectivity index (χ0v) is 11.1. The minimum atomic E-state index is 0.101. The Balaban J connectivity index is 3.33. The van der Waals surface area contributed by atoms with Gasteiger partial charge in [0.05, 0.1) is 0 Å². The highest BCUT2D eigenvalue weighted by Gasteiger charge is 2.03. The van der Waals surface area contributed by atoms with Crippen molar-refractivity contribution in [3.8, 4) is 0 Å². The maximum atomic E-state index is 10.9. The van der Waals surface area contributed by atoms with Crippen LogP contribution in [-0.4, -0.2) is 37.0 Å². The molecule has 1 atom stereocenters. The fraction of sp³-hybridized carbons (Fsp3) is 0.909. The highest BCUT2D eigenvalue weighted by atomic mass is 32.2. The molecule has 0 aliphatic heterocycles. The number of carbonyl (C=O) groups excluding carboxylic acids is 1. The van der Waals surface area contributed by atoms with Gasteiger partial charge in [0, 0.05) is 31.8 Å². The van der Waals surface area contributed by atoms with Crippen LogP contribution in [0.2, 0.25) is 0 Å². The van der Waals surface area contributed by atoms with Gasteiger partial charge in [0.25, 0.3) is 0 Å². The zero-order chi connectivity index (χ0) is 11.7. The first-order chi connectivity index (χ1) is 7.06. The molecule has 0 bridgehead atoms. The van der Waals surface area contributed by atoms with E-state index in [0.29, 0.717) is 12.5 Å². The lowest BCUT2D eigenvalue weighted by molar-refractivity contribution is -0.120. The molecule has 0 aliphatic rings. The molecule has 1 amide bonds. The third kappa shape index (κ3) is 10.1. The standard InChI is InChI=1S/C11H24N2OS/c1-9(2)7-15-8-10(3)13-6-5-11(14)12-4/h9-10,13H,5-8H2,1-4H3,(H,12,14). The first-order valence-electron chi connectivity index (χ1n) is 5.58. The first kappa shape index (κ1) is 14.8. The molecule has 4 heteroatoms. The molecule has 0 rings (SSSR count). The molecule has 2 N–H and O–H groups in total. The van der Waals surface area contributed by atoms with Crippen molar-refractivity contribution in [2.75, 3.05) is 25.1 Å². The maximum Gasteiger partial charge on any atom is 0.221 e. The number of rotatable bonds is 8. The van der Waals surface area contributed by atoms with Crippen molar-refractivity contribution in [3.05, 3.63) is 0 Å². The second-order valence-electron chi connectivity index (χ2n) is 4.21. The molecule has 0 saturated carbocycles. The Morgan fingerprint density at radius 1 is 1.27 bits per heavy atom. The van der Waals surface area contributed by atoms with Gasteiger partial charge in [-0.25, -0.2) is 0 Å². The quantitative estimate of drug-likeness (QED) is 0.666. The summed E-state index contributed by atoms with van der Waals surface area (Å²) >= 11 is 1.97.